The third-order valence-corrected chi connectivity index (χ3v) is 3.93. The van der Waals surface area contributed by atoms with Gasteiger partial charge in [0, 0.05) is 6.42 Å². The summed E-state index contributed by atoms with van der Waals surface area (Å²) in [5, 5.41) is 0. The van der Waals surface area contributed by atoms with Crippen molar-refractivity contribution >= 4 is 12.3 Å². The van der Waals surface area contributed by atoms with Crippen molar-refractivity contribution < 1.29 is 14.3 Å². The lowest BCUT2D eigenvalue weighted by Crippen LogP contribution is -2.36. The van der Waals surface area contributed by atoms with Crippen LogP contribution < -0.4 is 0 Å². The van der Waals surface area contributed by atoms with Crippen molar-refractivity contribution in [1.29, 1.82) is 0 Å². The van der Waals surface area contributed by atoms with E-state index >= 15 is 0 Å². The maximum absolute atomic E-state index is 11.7. The van der Waals surface area contributed by atoms with Crippen LogP contribution in [-0.2, 0) is 14.3 Å². The van der Waals surface area contributed by atoms with Crippen molar-refractivity contribution in [3.05, 3.63) is 12.2 Å². The van der Waals surface area contributed by atoms with E-state index in [1.54, 1.807) is 0 Å². The van der Waals surface area contributed by atoms with E-state index in [2.05, 4.69) is 26.0 Å². The predicted octanol–water partition coefficient (Wildman–Crippen LogP) is 4.84. The largest absolute Gasteiger partial charge is 0.451 e. The Morgan fingerprint density at radius 1 is 1.24 bits per heavy atom. The molecule has 0 aromatic rings. The van der Waals surface area contributed by atoms with Gasteiger partial charge in [-0.2, -0.15) is 0 Å². The van der Waals surface area contributed by atoms with Crippen LogP contribution in [0.25, 0.3) is 0 Å². The van der Waals surface area contributed by atoms with Gasteiger partial charge < -0.3 is 4.74 Å². The van der Waals surface area contributed by atoms with Gasteiger partial charge in [0.2, 0.25) is 0 Å². The Kier molecular flexibility index (Phi) is 10.9. The van der Waals surface area contributed by atoms with Gasteiger partial charge in [0.25, 0.3) is 0 Å². The van der Waals surface area contributed by atoms with Gasteiger partial charge in [-0.15, -0.1) is 0 Å². The second kappa shape index (κ2) is 11.5. The van der Waals surface area contributed by atoms with Crippen LogP contribution in [0.3, 0.4) is 0 Å². The van der Waals surface area contributed by atoms with Crippen LogP contribution in [0, 0.1) is 5.92 Å². The van der Waals surface area contributed by atoms with Gasteiger partial charge in [0.05, 0.1) is 0 Å². The van der Waals surface area contributed by atoms with Crippen LogP contribution in [0.2, 0.25) is 0 Å². The van der Waals surface area contributed by atoms with Crippen molar-refractivity contribution in [2.45, 2.75) is 84.7 Å². The average molecular weight is 296 g/mol. The monoisotopic (exact) mass is 296 g/mol. The number of ether oxygens (including phenoxy) is 1. The fourth-order valence-corrected chi connectivity index (χ4v) is 2.38. The maximum atomic E-state index is 11.7. The molecule has 0 fully saturated rings. The molecule has 0 rings (SSSR count). The molecule has 0 saturated carbocycles. The molecule has 3 heteroatoms. The molecule has 0 amide bonds. The molecule has 122 valence electrons. The topological polar surface area (TPSA) is 43.4 Å². The number of carbonyl (C=O) groups is 2. The fraction of sp³-hybridized carbons (Fsp3) is 0.778. The van der Waals surface area contributed by atoms with E-state index in [9.17, 15) is 9.59 Å². The Bertz CT molecular complexity index is 322. The Hall–Kier alpha value is -1.12. The molecule has 0 N–H and O–H groups in total. The van der Waals surface area contributed by atoms with Gasteiger partial charge in [-0.3, -0.25) is 9.59 Å². The van der Waals surface area contributed by atoms with E-state index in [0.29, 0.717) is 25.2 Å². The minimum Gasteiger partial charge on any atom is -0.451 e. The Morgan fingerprint density at radius 3 is 2.43 bits per heavy atom. The summed E-state index contributed by atoms with van der Waals surface area (Å²) in [7, 11) is 0. The number of hydrogen-bond acceptors (Lipinski definition) is 3. The second-order valence-corrected chi connectivity index (χ2v) is 5.66. The van der Waals surface area contributed by atoms with Crippen LogP contribution in [0.5, 0.6) is 0 Å². The van der Waals surface area contributed by atoms with Crippen molar-refractivity contribution in [1.82, 2.24) is 0 Å². The van der Waals surface area contributed by atoms with E-state index in [1.165, 1.54) is 0 Å². The lowest BCUT2D eigenvalue weighted by Gasteiger charge is -2.27. The van der Waals surface area contributed by atoms with Crippen LogP contribution in [0.4, 0.5) is 0 Å². The van der Waals surface area contributed by atoms with E-state index < -0.39 is 5.60 Å². The standard InChI is InChI=1S/C18H32O3/c1-5-9-12-16(7-3)13-10-14-18(8-4,15-19)21-17(20)11-6-2/h9,12,15-16H,5-8,10-11,13-14H2,1-4H3/b12-9+/t16-,18-/m0/s1. The highest BCUT2D eigenvalue weighted by Gasteiger charge is 2.31. The Balaban J connectivity index is 4.46. The number of esters is 1. The third kappa shape index (κ3) is 8.03. The summed E-state index contributed by atoms with van der Waals surface area (Å²) in [5.41, 5.74) is -0.918. The van der Waals surface area contributed by atoms with Gasteiger partial charge in [0.1, 0.15) is 0 Å². The van der Waals surface area contributed by atoms with E-state index in [-0.39, 0.29) is 5.97 Å². The summed E-state index contributed by atoms with van der Waals surface area (Å²) in [6.07, 6.45) is 11.7. The van der Waals surface area contributed by atoms with Crippen LogP contribution in [0.1, 0.15) is 79.1 Å². The smallest absolute Gasteiger partial charge is 0.306 e. The highest BCUT2D eigenvalue weighted by Crippen LogP contribution is 2.25. The van der Waals surface area contributed by atoms with Gasteiger partial charge in [0.15, 0.2) is 11.9 Å². The number of carbonyl (C=O) groups excluding carboxylic acids is 2. The minimum atomic E-state index is -0.918. The van der Waals surface area contributed by atoms with Crippen molar-refractivity contribution in [3.8, 4) is 0 Å². The molecule has 0 aliphatic carbocycles. The summed E-state index contributed by atoms with van der Waals surface area (Å²) in [6.45, 7) is 8.15. The average Bonchev–Trinajstić information content (AvgIpc) is 2.49. The van der Waals surface area contributed by atoms with Crippen molar-refractivity contribution in [2.75, 3.05) is 0 Å². The second-order valence-electron chi connectivity index (χ2n) is 5.66. The number of hydrogen-bond donors (Lipinski definition) is 0. The zero-order chi connectivity index (χ0) is 16.1. The van der Waals surface area contributed by atoms with Gasteiger partial charge in [-0.05, 0) is 50.9 Å². The zero-order valence-corrected chi connectivity index (χ0v) is 14.2. The van der Waals surface area contributed by atoms with E-state index in [1.807, 2.05) is 13.8 Å². The molecule has 0 saturated heterocycles. The minimum absolute atomic E-state index is 0.260. The summed E-state index contributed by atoms with van der Waals surface area (Å²) in [6, 6.07) is 0. The van der Waals surface area contributed by atoms with E-state index in [0.717, 1.165) is 38.4 Å². The summed E-state index contributed by atoms with van der Waals surface area (Å²) >= 11 is 0. The molecule has 0 unspecified atom stereocenters. The maximum Gasteiger partial charge on any atom is 0.306 e. The predicted molar refractivity (Wildman–Crippen MR) is 87.1 cm³/mol. The molecule has 0 radical (unpaired) electrons. The van der Waals surface area contributed by atoms with Crippen LogP contribution in [0.15, 0.2) is 12.2 Å². The first-order chi connectivity index (χ1) is 10.1. The third-order valence-electron chi connectivity index (χ3n) is 3.93. The quantitative estimate of drug-likeness (QED) is 0.294. The summed E-state index contributed by atoms with van der Waals surface area (Å²) in [4.78, 5) is 23.1. The molecular weight excluding hydrogens is 264 g/mol. The lowest BCUT2D eigenvalue weighted by molar-refractivity contribution is -0.164. The molecule has 0 bridgehead atoms. The molecule has 0 aromatic heterocycles. The summed E-state index contributed by atoms with van der Waals surface area (Å²) in [5.74, 6) is 0.293. The molecule has 0 heterocycles. The first-order valence-corrected chi connectivity index (χ1v) is 8.42. The van der Waals surface area contributed by atoms with Crippen LogP contribution >= 0.6 is 0 Å². The van der Waals surface area contributed by atoms with Crippen molar-refractivity contribution in [2.24, 2.45) is 5.92 Å². The fourth-order valence-electron chi connectivity index (χ4n) is 2.38. The normalized spacial score (nSPS) is 15.6. The molecule has 0 aromatic carbocycles. The lowest BCUT2D eigenvalue weighted by atomic mass is 9.91. The zero-order valence-electron chi connectivity index (χ0n) is 14.2. The Labute approximate surface area is 130 Å². The van der Waals surface area contributed by atoms with E-state index in [4.69, 9.17) is 4.74 Å². The first-order valence-electron chi connectivity index (χ1n) is 8.42. The number of aldehydes is 1. The molecule has 21 heavy (non-hydrogen) atoms. The molecule has 0 aliphatic heterocycles. The molecular formula is C18H32O3. The molecule has 0 spiro atoms. The summed E-state index contributed by atoms with van der Waals surface area (Å²) < 4.78 is 5.45. The van der Waals surface area contributed by atoms with Crippen LogP contribution in [-0.4, -0.2) is 17.9 Å². The first kappa shape index (κ1) is 19.9. The number of rotatable bonds is 12. The van der Waals surface area contributed by atoms with Gasteiger partial charge in [-0.1, -0.05) is 39.8 Å². The highest BCUT2D eigenvalue weighted by molar-refractivity contribution is 5.74. The molecule has 2 atom stereocenters. The number of allylic oxidation sites excluding steroid dienone is 2. The van der Waals surface area contributed by atoms with Gasteiger partial charge in [-0.25, -0.2) is 0 Å². The highest BCUT2D eigenvalue weighted by atomic mass is 16.6. The molecule has 0 aliphatic rings. The van der Waals surface area contributed by atoms with Gasteiger partial charge >= 0.3 is 5.97 Å². The molecule has 3 nitrogen and oxygen atoms in total. The van der Waals surface area contributed by atoms with Crippen molar-refractivity contribution in [3.63, 3.8) is 0 Å². The Morgan fingerprint density at radius 2 is 1.95 bits per heavy atom. The SMILES string of the molecule is CC/C=C/[C@H](CC)CCC[C@](C=O)(CC)OC(=O)CCC.